The molecule has 20 heavy (non-hydrogen) atoms. The number of fused-ring (bicyclic) bond motifs is 1. The van der Waals surface area contributed by atoms with Gasteiger partial charge in [-0.3, -0.25) is 0 Å². The molecule has 1 aromatic carbocycles. The molecule has 0 N–H and O–H groups in total. The third-order valence-corrected chi connectivity index (χ3v) is 6.07. The maximum atomic E-state index is 6.14. The number of hydrogen-bond donors (Lipinski definition) is 0. The van der Waals surface area contributed by atoms with E-state index in [1.165, 1.54) is 11.1 Å². The van der Waals surface area contributed by atoms with Gasteiger partial charge in [0.05, 0.1) is 0 Å². The summed E-state index contributed by atoms with van der Waals surface area (Å²) in [6, 6.07) is 4.29. The molecular weight excluding hydrogens is 443 g/mol. The van der Waals surface area contributed by atoms with E-state index >= 15 is 0 Å². The summed E-state index contributed by atoms with van der Waals surface area (Å²) < 4.78 is 14.5. The van der Waals surface area contributed by atoms with Gasteiger partial charge < -0.3 is 0 Å². The molecule has 0 amide bonds. The Hall–Kier alpha value is -0.403. The van der Waals surface area contributed by atoms with Crippen LogP contribution in [-0.4, -0.2) is 51.7 Å². The van der Waals surface area contributed by atoms with Gasteiger partial charge in [0.2, 0.25) is 0 Å². The first-order valence-corrected chi connectivity index (χ1v) is 8.80. The quantitative estimate of drug-likeness (QED) is 0.606. The molecule has 1 saturated heterocycles. The van der Waals surface area contributed by atoms with Crippen LogP contribution in [0.1, 0.15) is 33.3 Å². The molecule has 0 radical (unpaired) electrons. The average molecular weight is 462 g/mol. The van der Waals surface area contributed by atoms with Crippen molar-refractivity contribution >= 4 is 49.7 Å². The van der Waals surface area contributed by atoms with Crippen molar-refractivity contribution in [2.75, 3.05) is 0 Å². The number of rotatable bonds is 1. The molecule has 0 spiro atoms. The first-order chi connectivity index (χ1) is 9.21. The molecule has 102 valence electrons. The third-order valence-electron chi connectivity index (χ3n) is 4.47. The maximum absolute atomic E-state index is 6.14. The van der Waals surface area contributed by atoms with Crippen molar-refractivity contribution in [1.29, 1.82) is 0 Å². The third kappa shape index (κ3) is 2.14. The Balaban J connectivity index is 2.05. The van der Waals surface area contributed by atoms with E-state index in [2.05, 4.69) is 54.1 Å². The fourth-order valence-corrected chi connectivity index (χ4v) is 3.48. The van der Waals surface area contributed by atoms with Crippen LogP contribution in [0.15, 0.2) is 18.5 Å². The van der Waals surface area contributed by atoms with E-state index in [0.717, 1.165) is 37.0 Å². The number of imidazole rings is 1. The molecular formula is C14H18BN2O2Tl. The minimum absolute atomic E-state index is 0.308. The van der Waals surface area contributed by atoms with Crippen LogP contribution in [0.4, 0.5) is 0 Å². The van der Waals surface area contributed by atoms with Gasteiger partial charge in [-0.1, -0.05) is 0 Å². The number of aromatic nitrogens is 2. The summed E-state index contributed by atoms with van der Waals surface area (Å²) in [5.41, 5.74) is 3.88. The van der Waals surface area contributed by atoms with Crippen LogP contribution in [0, 0.1) is 6.92 Å². The van der Waals surface area contributed by atoms with Crippen LogP contribution in [-0.2, 0) is 9.31 Å². The standard InChI is InChI=1S/C14H18BN2O2.Tl/c1-9-6-11-12(17-8-16-11)7-10(9)15-18-13(2,3)14(4,5)19-15;/h6-8H,1-5H3;/q-1;+1. The van der Waals surface area contributed by atoms with E-state index in [1.807, 2.05) is 6.33 Å². The number of benzene rings is 1. The number of nitrogens with zero attached hydrogens (tertiary/aromatic N) is 2. The van der Waals surface area contributed by atoms with E-state index < -0.39 is 0 Å². The molecule has 1 aliphatic heterocycles. The Labute approximate surface area is 136 Å². The normalized spacial score (nSPS) is 20.7. The molecule has 4 nitrogen and oxygen atoms in total. The molecule has 0 aliphatic carbocycles. The van der Waals surface area contributed by atoms with Gasteiger partial charge in [0.1, 0.15) is 0 Å². The zero-order chi connectivity index (χ0) is 14.7. The van der Waals surface area contributed by atoms with Gasteiger partial charge in [0, 0.05) is 0 Å². The summed E-state index contributed by atoms with van der Waals surface area (Å²) in [6.07, 6.45) is 1.91. The Morgan fingerprint density at radius 1 is 1.15 bits per heavy atom. The topological polar surface area (TPSA) is 36.3 Å². The molecule has 1 aromatic heterocycles. The molecule has 0 bridgehead atoms. The first-order valence-electron chi connectivity index (χ1n) is 6.79. The molecule has 2 heterocycles. The fourth-order valence-electron chi connectivity index (χ4n) is 2.42. The van der Waals surface area contributed by atoms with Gasteiger partial charge in [0.25, 0.3) is 0 Å². The number of hydrogen-bond acceptors (Lipinski definition) is 3. The van der Waals surface area contributed by atoms with Gasteiger partial charge in [-0.05, 0) is 0 Å². The minimum atomic E-state index is -0.314. The van der Waals surface area contributed by atoms with Gasteiger partial charge in [0.15, 0.2) is 0 Å². The molecule has 1 fully saturated rings. The van der Waals surface area contributed by atoms with Crippen LogP contribution in [0.25, 0.3) is 11.0 Å². The van der Waals surface area contributed by atoms with E-state index in [1.54, 1.807) is 0 Å². The molecule has 6 heteroatoms. The zero-order valence-electron chi connectivity index (χ0n) is 12.6. The summed E-state index contributed by atoms with van der Waals surface area (Å²) in [6.45, 7) is 10.4. The van der Waals surface area contributed by atoms with E-state index in [4.69, 9.17) is 9.31 Å². The second-order valence-electron chi connectivity index (χ2n) is 6.44. The predicted molar refractivity (Wildman–Crippen MR) is 81.3 cm³/mol. The first kappa shape index (κ1) is 14.5. The summed E-state index contributed by atoms with van der Waals surface area (Å²) in [5.74, 6) is 0. The van der Waals surface area contributed by atoms with Crippen LogP contribution < -0.4 is 5.46 Å². The van der Waals surface area contributed by atoms with Gasteiger partial charge in [-0.15, -0.1) is 0 Å². The molecule has 0 unspecified atom stereocenters. The molecule has 3 rings (SSSR count). The Bertz CT molecular complexity index is 665. The Morgan fingerprint density at radius 3 is 2.35 bits per heavy atom. The molecule has 2 aromatic rings. The summed E-state index contributed by atoms with van der Waals surface area (Å²) >= 11 is 0.729. The van der Waals surface area contributed by atoms with Gasteiger partial charge in [-0.2, -0.15) is 0 Å². The summed E-state index contributed by atoms with van der Waals surface area (Å²) in [7, 11) is -0.314. The van der Waals surface area contributed by atoms with Crippen molar-refractivity contribution in [3.8, 4) is 0 Å². The van der Waals surface area contributed by atoms with E-state index in [0.29, 0.717) is 0 Å². The molecule has 0 saturated carbocycles. The fraction of sp³-hybridized carbons (Fsp3) is 0.500. The Kier molecular flexibility index (Phi) is 3.30. The van der Waals surface area contributed by atoms with Crippen molar-refractivity contribution in [2.45, 2.75) is 45.8 Å². The summed E-state index contributed by atoms with van der Waals surface area (Å²) in [5, 5.41) is 0. The second kappa shape index (κ2) is 4.54. The van der Waals surface area contributed by atoms with Crippen molar-refractivity contribution in [2.24, 2.45) is 0 Å². The van der Waals surface area contributed by atoms with Crippen LogP contribution in [0.2, 0.25) is 0 Å². The molecule has 0 atom stereocenters. The van der Waals surface area contributed by atoms with Crippen LogP contribution in [0.5, 0.6) is 0 Å². The van der Waals surface area contributed by atoms with Crippen molar-refractivity contribution in [3.05, 3.63) is 24.0 Å². The van der Waals surface area contributed by atoms with Crippen LogP contribution in [0.3, 0.4) is 0 Å². The average Bonchev–Trinajstić information content (AvgIpc) is 2.77. The van der Waals surface area contributed by atoms with Crippen molar-refractivity contribution < 1.29 is 9.31 Å². The molecule has 1 aliphatic rings. The van der Waals surface area contributed by atoms with Gasteiger partial charge >= 0.3 is 136 Å². The second-order valence-corrected chi connectivity index (χ2v) is 8.60. The van der Waals surface area contributed by atoms with Gasteiger partial charge in [-0.25, -0.2) is 0 Å². The van der Waals surface area contributed by atoms with E-state index in [9.17, 15) is 0 Å². The van der Waals surface area contributed by atoms with E-state index in [-0.39, 0.29) is 18.3 Å². The monoisotopic (exact) mass is 462 g/mol. The zero-order valence-corrected chi connectivity index (χ0v) is 17.1. The SMILES string of the molecule is Cc1cc2c(cc1B1OC(C)(C)C(C)(C)O1)nc[n]2[Tl]. The Morgan fingerprint density at radius 2 is 1.75 bits per heavy atom. The van der Waals surface area contributed by atoms with Crippen LogP contribution >= 0.6 is 0 Å². The predicted octanol–water partition coefficient (Wildman–Crippen LogP) is 1.58. The summed E-state index contributed by atoms with van der Waals surface area (Å²) in [4.78, 5) is 4.46. The van der Waals surface area contributed by atoms with Crippen molar-refractivity contribution in [1.82, 2.24) is 7.36 Å². The number of aryl methyl sites for hydroxylation is 1. The van der Waals surface area contributed by atoms with Crippen molar-refractivity contribution in [3.63, 3.8) is 0 Å².